The highest BCUT2D eigenvalue weighted by molar-refractivity contribution is 5.98. The molecule has 22 heteroatoms. The number of hydrogen-bond donors (Lipinski definition) is 8. The van der Waals surface area contributed by atoms with Crippen molar-refractivity contribution in [3.63, 3.8) is 0 Å². The number of amides is 2. The van der Waals surface area contributed by atoms with Crippen LogP contribution in [0.15, 0.2) is 68.5 Å². The van der Waals surface area contributed by atoms with Gasteiger partial charge in [-0.25, -0.2) is 0 Å². The molecule has 0 unspecified atom stereocenters. The molecule has 7 aliphatic heterocycles. The number of piperidine rings is 2. The Hall–Kier alpha value is -6.80. The molecule has 2 aromatic rings. The monoisotopic (exact) mass is 1340 g/mol. The first-order valence-electron chi connectivity index (χ1n) is 37.2. The highest BCUT2D eigenvalue weighted by atomic mass is 16.5. The number of rotatable bonds is 9. The van der Waals surface area contributed by atoms with Gasteiger partial charge in [-0.1, -0.05) is 82.8 Å². The summed E-state index contributed by atoms with van der Waals surface area (Å²) in [5.41, 5.74) is 20.3. The van der Waals surface area contributed by atoms with Crippen LogP contribution in [-0.4, -0.2) is 226 Å². The molecule has 2 saturated heterocycles. The molecule has 5 spiro atoms. The number of β-amino-alcohol motifs (C(OH)–C–C–N with tert-alkyl or cyclic N) is 2. The number of nitrogen functional groups attached to an aromatic ring is 1. The van der Waals surface area contributed by atoms with E-state index < -0.39 is 6.29 Å². The normalized spacial score (nSPS) is 23.0. The molecule has 12 aliphatic rings. The molecule has 0 atom stereocenters. The first-order valence-corrected chi connectivity index (χ1v) is 37.2. The maximum Gasteiger partial charge on any atom is 0.253 e. The average Bonchev–Trinajstić information content (AvgIpc) is 1.75. The van der Waals surface area contributed by atoms with Crippen LogP contribution in [0.2, 0.25) is 0 Å². The first kappa shape index (κ1) is 76.0. The summed E-state index contributed by atoms with van der Waals surface area (Å²) in [5, 5.41) is 41.1. The fourth-order valence-corrected chi connectivity index (χ4v) is 15.9. The van der Waals surface area contributed by atoms with Crippen molar-refractivity contribution in [2.24, 2.45) is 37.2 Å². The second kappa shape index (κ2) is 36.9. The Morgan fingerprint density at radius 2 is 1.05 bits per heavy atom. The molecule has 5 aliphatic carbocycles. The van der Waals surface area contributed by atoms with Gasteiger partial charge in [0.15, 0.2) is 6.29 Å². The lowest BCUT2D eigenvalue weighted by molar-refractivity contribution is -0.596. The van der Waals surface area contributed by atoms with E-state index in [-0.39, 0.29) is 40.8 Å². The molecule has 2 amide bonds. The van der Waals surface area contributed by atoms with Gasteiger partial charge in [0, 0.05) is 101 Å². The maximum absolute atomic E-state index is 12.6. The molecular formula is C75H120N17O5+. The van der Waals surface area contributed by atoms with E-state index in [1.54, 1.807) is 54.9 Å². The van der Waals surface area contributed by atoms with Crippen molar-refractivity contribution in [1.29, 1.82) is 10.7 Å². The van der Waals surface area contributed by atoms with Crippen molar-refractivity contribution in [2.45, 2.75) is 246 Å². The number of nitrogens with one attached hydrogen (secondary N) is 3. The van der Waals surface area contributed by atoms with Crippen LogP contribution in [0, 0.1) is 16.7 Å². The molecule has 11 N–H and O–H groups in total. The van der Waals surface area contributed by atoms with Gasteiger partial charge in [0.1, 0.15) is 23.7 Å². The fraction of sp³-hybridized carbons (Fsp3) is 0.707. The Labute approximate surface area is 579 Å². The SMILES string of the molecule is C1=NCC2(CCCCC2)N1.CCN1C=NC2(CCCCC2)C1.CCN1C=NC2(CCN(C(=O)c3ccc(C#N)cc3)CC2)C1.CC[N+]1=CNCC12CCCCC2.N=C(N)c1ccc(C(=O)N2CCC3(CC2)CN(CC(O)O)C=N3)cc1.NCC1(N)CCCCC1.O=C1CCCCC1. The first-order chi connectivity index (χ1) is 46.8. The van der Waals surface area contributed by atoms with Crippen LogP contribution in [-0.2, 0) is 4.79 Å². The van der Waals surface area contributed by atoms with Crippen molar-refractivity contribution in [3.8, 4) is 6.07 Å². The number of carbonyl (C=O) groups excluding carboxylic acids is 3. The molecular weight excluding hydrogens is 1220 g/mol. The average molecular weight is 1340 g/mol. The Kier molecular flexibility index (Phi) is 28.9. The molecule has 0 bridgehead atoms. The molecule has 22 nitrogen and oxygen atoms in total. The van der Waals surface area contributed by atoms with Crippen molar-refractivity contribution < 1.29 is 29.2 Å². The summed E-state index contributed by atoms with van der Waals surface area (Å²) in [7, 11) is 0. The maximum atomic E-state index is 12.6. The minimum absolute atomic E-state index is 0.00174. The molecule has 7 heterocycles. The van der Waals surface area contributed by atoms with Crippen molar-refractivity contribution in [3.05, 3.63) is 70.8 Å². The van der Waals surface area contributed by atoms with Gasteiger partial charge in [0.05, 0.1) is 78.8 Å². The van der Waals surface area contributed by atoms with Gasteiger partial charge in [-0.2, -0.15) is 5.26 Å². The van der Waals surface area contributed by atoms with E-state index in [2.05, 4.69) is 79.5 Å². The zero-order valence-electron chi connectivity index (χ0n) is 59.3. The molecule has 0 aromatic heterocycles. The number of nitrogens with zero attached hydrogens (tertiary/aromatic N) is 11. The standard InChI is InChI=1S/C17H23N5O3.C17H20N4O.2C10H18N2.C8H14N2.C7H16N2.C6H10O/c18-15(19)12-1-3-13(4-2-12)16(25)22-7-5-17(6-8-22)10-21(11-20-17)9-14(23)24;1-2-20-12-17(19-13-20)7-9-21(10-8-17)16(22)15-5-3-14(11-18)4-6-15;1-2-12-8-10(11-9-12)6-4-3-5-7-10;1-2-12-9-11-8-10(12)6-4-3-5-7-10;1-2-4-8(5-3-1)6-9-7-10-8;8-6-7(9)4-2-1-3-5-7;7-6-4-2-1-3-5-6/h1-4,11,14,23-24H,5-10H2,(H3,18,19);3-6,13H,2,7-10,12H2,1H3;2*9H,2-8H2,1H3;7H,1-6H2,(H,9,10);1-6,8-9H2;1-5H2/p+1. The van der Waals surface area contributed by atoms with E-state index in [1.807, 2.05) is 27.4 Å². The fourth-order valence-electron chi connectivity index (χ4n) is 15.9. The number of amidine groups is 1. The third-order valence-electron chi connectivity index (χ3n) is 22.4. The summed E-state index contributed by atoms with van der Waals surface area (Å²) in [6, 6.07) is 15.7. The number of hydrogen-bond acceptors (Lipinski definition) is 18. The quantitative estimate of drug-likeness (QED) is 0.0507. The number of likely N-dealkylation sites (tertiary alicyclic amines) is 2. The van der Waals surface area contributed by atoms with Gasteiger partial charge in [0.2, 0.25) is 6.34 Å². The zero-order chi connectivity index (χ0) is 69.2. The Balaban J connectivity index is 0.000000151. The lowest BCUT2D eigenvalue weighted by Gasteiger charge is -2.38. The minimum atomic E-state index is -1.37. The smallest absolute Gasteiger partial charge is 0.253 e. The predicted octanol–water partition coefficient (Wildman–Crippen LogP) is 8.35. The van der Waals surface area contributed by atoms with Crippen molar-refractivity contribution >= 4 is 55.1 Å². The van der Waals surface area contributed by atoms with E-state index in [1.165, 1.54) is 135 Å². The lowest BCUT2D eigenvalue weighted by Crippen LogP contribution is -2.48. The van der Waals surface area contributed by atoms with E-state index >= 15 is 0 Å². The lowest BCUT2D eigenvalue weighted by atomic mass is 9.81. The number of nitrogens with two attached hydrogens (primary N) is 3. The summed E-state index contributed by atoms with van der Waals surface area (Å²) in [6.45, 7) is 18.4. The highest BCUT2D eigenvalue weighted by Crippen LogP contribution is 2.37. The topological polar surface area (TPSA) is 310 Å². The number of likely N-dealkylation sites (N-methyl/N-ethyl adjacent to an activating group) is 3. The molecule has 534 valence electrons. The number of Topliss-reactive ketones (excluding diaryl/α,β-unsaturated/α-hetero) is 1. The van der Waals surface area contributed by atoms with Gasteiger partial charge >= 0.3 is 0 Å². The molecule has 7 fully saturated rings. The van der Waals surface area contributed by atoms with Crippen LogP contribution in [0.5, 0.6) is 0 Å². The second-order valence-corrected chi connectivity index (χ2v) is 29.5. The number of benzene rings is 2. The highest BCUT2D eigenvalue weighted by Gasteiger charge is 2.44. The van der Waals surface area contributed by atoms with Crippen LogP contribution in [0.4, 0.5) is 0 Å². The van der Waals surface area contributed by atoms with Crippen molar-refractivity contribution in [2.75, 3.05) is 91.6 Å². The number of ketones is 1. The molecule has 97 heavy (non-hydrogen) atoms. The Morgan fingerprint density at radius 3 is 1.45 bits per heavy atom. The number of aliphatic hydroxyl groups is 2. The van der Waals surface area contributed by atoms with Gasteiger partial charge in [-0.15, -0.1) is 0 Å². The molecule has 2 aromatic carbocycles. The van der Waals surface area contributed by atoms with Gasteiger partial charge in [-0.3, -0.25) is 49.7 Å². The minimum Gasteiger partial charge on any atom is -0.384 e. The predicted molar refractivity (Wildman–Crippen MR) is 390 cm³/mol. The molecule has 5 saturated carbocycles. The number of aliphatic hydroxyl groups excluding tert-OH is 1. The Morgan fingerprint density at radius 1 is 0.619 bits per heavy atom. The van der Waals surface area contributed by atoms with Crippen LogP contribution < -0.4 is 27.8 Å². The van der Waals surface area contributed by atoms with E-state index in [0.717, 1.165) is 110 Å². The zero-order valence-corrected chi connectivity index (χ0v) is 59.3. The third-order valence-corrected chi connectivity index (χ3v) is 22.4. The third kappa shape index (κ3) is 22.1. The largest absolute Gasteiger partial charge is 0.384 e. The summed E-state index contributed by atoms with van der Waals surface area (Å²) < 4.78 is 2.51. The van der Waals surface area contributed by atoms with Gasteiger partial charge < -0.3 is 57.2 Å². The van der Waals surface area contributed by atoms with Gasteiger partial charge in [-0.05, 0) is 160 Å². The molecule has 0 radical (unpaired) electrons. The summed E-state index contributed by atoms with van der Waals surface area (Å²) in [4.78, 5) is 63.9. The number of aliphatic imine (C=N–C) groups is 4. The second-order valence-electron chi connectivity index (χ2n) is 29.5. The number of nitriles is 1. The van der Waals surface area contributed by atoms with Crippen LogP contribution in [0.25, 0.3) is 0 Å². The summed E-state index contributed by atoms with van der Waals surface area (Å²) >= 11 is 0. The van der Waals surface area contributed by atoms with Crippen LogP contribution in [0.3, 0.4) is 0 Å². The number of carbonyl (C=O) groups is 3. The van der Waals surface area contributed by atoms with Gasteiger partial charge in [0.25, 0.3) is 11.8 Å². The van der Waals surface area contributed by atoms with Crippen LogP contribution >= 0.6 is 0 Å². The summed E-state index contributed by atoms with van der Waals surface area (Å²) in [5.74, 6) is 0.463. The van der Waals surface area contributed by atoms with Crippen molar-refractivity contribution in [1.82, 2.24) is 35.1 Å². The van der Waals surface area contributed by atoms with Crippen LogP contribution in [0.1, 0.15) is 239 Å². The molecule has 14 rings (SSSR count). The Bertz CT molecular complexity index is 2970. The summed E-state index contributed by atoms with van der Waals surface area (Å²) in [6.07, 6.45) is 43.9. The van der Waals surface area contributed by atoms with E-state index in [0.29, 0.717) is 70.8 Å². The van der Waals surface area contributed by atoms with E-state index in [4.69, 9.17) is 43.1 Å². The van der Waals surface area contributed by atoms with E-state index in [9.17, 15) is 14.4 Å².